The smallest absolute Gasteiger partial charge is 0.237 e. The van der Waals surface area contributed by atoms with Gasteiger partial charge in [0.25, 0.3) is 0 Å². The van der Waals surface area contributed by atoms with Gasteiger partial charge in [-0.15, -0.1) is 0 Å². The van der Waals surface area contributed by atoms with Crippen molar-refractivity contribution in [2.24, 2.45) is 0 Å². The predicted octanol–water partition coefficient (Wildman–Crippen LogP) is 2.21. The van der Waals surface area contributed by atoms with Crippen molar-refractivity contribution in [1.82, 2.24) is 15.2 Å². The standard InChI is InChI=1S/C15H25N3O/c1-5-13(4)17-10-15(19)18(12(2)3)11-14-7-6-8-16-9-14/h6-9,12-13,17H,5,10-11H2,1-4H3. The summed E-state index contributed by atoms with van der Waals surface area (Å²) in [6.07, 6.45) is 4.58. The number of pyridine rings is 1. The van der Waals surface area contributed by atoms with Gasteiger partial charge in [-0.3, -0.25) is 9.78 Å². The lowest BCUT2D eigenvalue weighted by atomic mass is 10.2. The summed E-state index contributed by atoms with van der Waals surface area (Å²) in [5.41, 5.74) is 1.06. The Labute approximate surface area is 116 Å². The molecule has 1 rings (SSSR count). The normalized spacial score (nSPS) is 12.5. The highest BCUT2D eigenvalue weighted by Gasteiger charge is 2.17. The minimum Gasteiger partial charge on any atom is -0.335 e. The van der Waals surface area contributed by atoms with E-state index in [9.17, 15) is 4.79 Å². The second-order valence-corrected chi connectivity index (χ2v) is 5.17. The zero-order chi connectivity index (χ0) is 14.3. The van der Waals surface area contributed by atoms with Crippen molar-refractivity contribution in [3.8, 4) is 0 Å². The van der Waals surface area contributed by atoms with Crippen LogP contribution >= 0.6 is 0 Å². The lowest BCUT2D eigenvalue weighted by Gasteiger charge is -2.27. The Balaban J connectivity index is 2.59. The van der Waals surface area contributed by atoms with Crippen LogP contribution in [-0.4, -0.2) is 34.4 Å². The molecule has 1 heterocycles. The quantitative estimate of drug-likeness (QED) is 0.820. The van der Waals surface area contributed by atoms with Crippen LogP contribution in [0.3, 0.4) is 0 Å². The van der Waals surface area contributed by atoms with E-state index in [1.54, 1.807) is 6.20 Å². The number of amides is 1. The molecule has 0 aliphatic carbocycles. The van der Waals surface area contributed by atoms with Gasteiger partial charge >= 0.3 is 0 Å². The lowest BCUT2D eigenvalue weighted by Crippen LogP contribution is -2.43. The number of rotatable bonds is 7. The Morgan fingerprint density at radius 1 is 1.42 bits per heavy atom. The van der Waals surface area contributed by atoms with Crippen LogP contribution in [0.5, 0.6) is 0 Å². The summed E-state index contributed by atoms with van der Waals surface area (Å²) in [4.78, 5) is 18.2. The van der Waals surface area contributed by atoms with Gasteiger partial charge in [-0.05, 0) is 38.8 Å². The van der Waals surface area contributed by atoms with E-state index in [1.807, 2.05) is 37.1 Å². The van der Waals surface area contributed by atoms with Crippen LogP contribution in [0.1, 0.15) is 39.7 Å². The number of carbonyl (C=O) groups is 1. The first-order chi connectivity index (χ1) is 9.04. The van der Waals surface area contributed by atoms with E-state index in [0.29, 0.717) is 19.1 Å². The molecule has 19 heavy (non-hydrogen) atoms. The summed E-state index contributed by atoms with van der Waals surface area (Å²) in [5.74, 6) is 0.138. The number of aromatic nitrogens is 1. The molecule has 106 valence electrons. The molecule has 4 nitrogen and oxygen atoms in total. The number of nitrogens with zero attached hydrogens (tertiary/aromatic N) is 2. The molecule has 1 aromatic rings. The topological polar surface area (TPSA) is 45.2 Å². The SMILES string of the molecule is CCC(C)NCC(=O)N(Cc1cccnc1)C(C)C. The molecule has 0 aliphatic heterocycles. The maximum Gasteiger partial charge on any atom is 0.237 e. The van der Waals surface area contributed by atoms with Crippen LogP contribution in [0.15, 0.2) is 24.5 Å². The van der Waals surface area contributed by atoms with Crippen molar-refractivity contribution in [2.45, 2.75) is 52.7 Å². The Kier molecular flexibility index (Phi) is 6.50. The highest BCUT2D eigenvalue weighted by atomic mass is 16.2. The maximum atomic E-state index is 12.3. The van der Waals surface area contributed by atoms with Crippen molar-refractivity contribution >= 4 is 5.91 Å². The van der Waals surface area contributed by atoms with E-state index in [4.69, 9.17) is 0 Å². The molecule has 1 unspecified atom stereocenters. The molecule has 0 saturated heterocycles. The highest BCUT2D eigenvalue weighted by Crippen LogP contribution is 2.07. The van der Waals surface area contributed by atoms with Gasteiger partial charge in [0, 0.05) is 31.0 Å². The summed E-state index contributed by atoms with van der Waals surface area (Å²) in [6, 6.07) is 4.45. The summed E-state index contributed by atoms with van der Waals surface area (Å²) in [7, 11) is 0. The van der Waals surface area contributed by atoms with E-state index in [0.717, 1.165) is 12.0 Å². The van der Waals surface area contributed by atoms with Crippen molar-refractivity contribution in [2.75, 3.05) is 6.54 Å². The molecule has 0 bridgehead atoms. The summed E-state index contributed by atoms with van der Waals surface area (Å²) < 4.78 is 0. The molecule has 0 aromatic carbocycles. The van der Waals surface area contributed by atoms with Gasteiger partial charge in [-0.1, -0.05) is 13.0 Å². The summed E-state index contributed by atoms with van der Waals surface area (Å²) in [5, 5.41) is 3.25. The van der Waals surface area contributed by atoms with Crippen molar-refractivity contribution in [1.29, 1.82) is 0 Å². The zero-order valence-corrected chi connectivity index (χ0v) is 12.4. The number of hydrogen-bond donors (Lipinski definition) is 1. The largest absolute Gasteiger partial charge is 0.335 e. The average molecular weight is 263 g/mol. The number of hydrogen-bond acceptors (Lipinski definition) is 3. The molecule has 0 saturated carbocycles. The average Bonchev–Trinajstić information content (AvgIpc) is 2.42. The lowest BCUT2D eigenvalue weighted by molar-refractivity contribution is -0.132. The van der Waals surface area contributed by atoms with Gasteiger partial charge in [-0.25, -0.2) is 0 Å². The third kappa shape index (κ3) is 5.39. The van der Waals surface area contributed by atoms with Gasteiger partial charge in [-0.2, -0.15) is 0 Å². The first-order valence-corrected chi connectivity index (χ1v) is 6.96. The zero-order valence-electron chi connectivity index (χ0n) is 12.4. The van der Waals surface area contributed by atoms with Crippen LogP contribution in [0.25, 0.3) is 0 Å². The Morgan fingerprint density at radius 2 is 2.16 bits per heavy atom. The molecule has 1 aromatic heterocycles. The summed E-state index contributed by atoms with van der Waals surface area (Å²) in [6.45, 7) is 9.29. The Bertz CT molecular complexity index is 378. The van der Waals surface area contributed by atoms with Crippen molar-refractivity contribution < 1.29 is 4.79 Å². The monoisotopic (exact) mass is 263 g/mol. The second-order valence-electron chi connectivity index (χ2n) is 5.17. The minimum atomic E-state index is 0.138. The van der Waals surface area contributed by atoms with Gasteiger partial charge in [0.2, 0.25) is 5.91 Å². The predicted molar refractivity (Wildman–Crippen MR) is 77.7 cm³/mol. The molecule has 1 atom stereocenters. The molecule has 0 fully saturated rings. The Morgan fingerprint density at radius 3 is 2.68 bits per heavy atom. The fraction of sp³-hybridized carbons (Fsp3) is 0.600. The molecular formula is C15H25N3O. The molecule has 1 N–H and O–H groups in total. The van der Waals surface area contributed by atoms with E-state index in [2.05, 4.69) is 24.1 Å². The molecular weight excluding hydrogens is 238 g/mol. The molecule has 0 aliphatic rings. The molecule has 1 amide bonds. The third-order valence-corrected chi connectivity index (χ3v) is 3.23. The highest BCUT2D eigenvalue weighted by molar-refractivity contribution is 5.78. The third-order valence-electron chi connectivity index (χ3n) is 3.23. The summed E-state index contributed by atoms with van der Waals surface area (Å²) >= 11 is 0. The van der Waals surface area contributed by atoms with E-state index in [1.165, 1.54) is 0 Å². The Hall–Kier alpha value is -1.42. The van der Waals surface area contributed by atoms with Crippen LogP contribution < -0.4 is 5.32 Å². The van der Waals surface area contributed by atoms with E-state index >= 15 is 0 Å². The van der Waals surface area contributed by atoms with Crippen LogP contribution in [-0.2, 0) is 11.3 Å². The van der Waals surface area contributed by atoms with Gasteiger partial charge in [0.15, 0.2) is 0 Å². The van der Waals surface area contributed by atoms with Gasteiger partial charge in [0.05, 0.1) is 6.54 Å². The minimum absolute atomic E-state index is 0.138. The number of nitrogens with one attached hydrogen (secondary N) is 1. The maximum absolute atomic E-state index is 12.3. The first-order valence-electron chi connectivity index (χ1n) is 6.96. The molecule has 0 radical (unpaired) electrons. The second kappa shape index (κ2) is 7.89. The molecule has 4 heteroatoms. The first kappa shape index (κ1) is 15.6. The van der Waals surface area contributed by atoms with Crippen LogP contribution in [0.2, 0.25) is 0 Å². The van der Waals surface area contributed by atoms with Crippen molar-refractivity contribution in [3.05, 3.63) is 30.1 Å². The van der Waals surface area contributed by atoms with Crippen molar-refractivity contribution in [3.63, 3.8) is 0 Å². The molecule has 0 spiro atoms. The van der Waals surface area contributed by atoms with E-state index in [-0.39, 0.29) is 11.9 Å². The van der Waals surface area contributed by atoms with Crippen LogP contribution in [0.4, 0.5) is 0 Å². The fourth-order valence-corrected chi connectivity index (χ4v) is 1.75. The number of carbonyl (C=O) groups excluding carboxylic acids is 1. The van der Waals surface area contributed by atoms with Crippen LogP contribution in [0, 0.1) is 0 Å². The van der Waals surface area contributed by atoms with Gasteiger partial charge in [0.1, 0.15) is 0 Å². The fourth-order valence-electron chi connectivity index (χ4n) is 1.75. The van der Waals surface area contributed by atoms with Gasteiger partial charge < -0.3 is 10.2 Å². The van der Waals surface area contributed by atoms with E-state index < -0.39 is 0 Å².